The largest absolute Gasteiger partial charge is 0.385 e. The van der Waals surface area contributed by atoms with Crippen molar-refractivity contribution in [2.75, 3.05) is 69.1 Å². The molecule has 2 N–H and O–H groups in total. The average Bonchev–Trinajstić information content (AvgIpc) is 3.37. The fourth-order valence-corrected chi connectivity index (χ4v) is 6.26. The third kappa shape index (κ3) is 6.22. The lowest BCUT2D eigenvalue weighted by atomic mass is 10.1. The maximum absolute atomic E-state index is 13.7. The number of nitrogens with zero attached hydrogens (tertiary/aromatic N) is 4. The Kier molecular flexibility index (Phi) is 8.71. The lowest BCUT2D eigenvalue weighted by molar-refractivity contribution is 0.101. The molecular weight excluding hydrogens is 566 g/mol. The van der Waals surface area contributed by atoms with Crippen LogP contribution >= 0.6 is 0 Å². The number of anilines is 2. The molecule has 13 heteroatoms. The van der Waals surface area contributed by atoms with Crippen molar-refractivity contribution >= 4 is 38.0 Å². The van der Waals surface area contributed by atoms with E-state index in [1.165, 1.54) is 29.2 Å². The Morgan fingerprint density at radius 3 is 2.45 bits per heavy atom. The highest BCUT2D eigenvalue weighted by atomic mass is 32.2. The van der Waals surface area contributed by atoms with Crippen molar-refractivity contribution in [1.82, 2.24) is 14.8 Å². The van der Waals surface area contributed by atoms with Crippen LogP contribution in [0.3, 0.4) is 0 Å². The topological polar surface area (TPSA) is 109 Å². The Hall–Kier alpha value is -4.07. The van der Waals surface area contributed by atoms with Crippen molar-refractivity contribution in [3.05, 3.63) is 78.0 Å². The number of rotatable bonds is 10. The Labute approximate surface area is 242 Å². The van der Waals surface area contributed by atoms with Crippen molar-refractivity contribution in [2.45, 2.75) is 16.2 Å². The number of amides is 1. The van der Waals surface area contributed by atoms with Crippen LogP contribution in [0.5, 0.6) is 0 Å². The van der Waals surface area contributed by atoms with E-state index in [2.05, 4.69) is 32.7 Å². The Balaban J connectivity index is 1.43. The molecule has 3 aromatic carbocycles. The van der Waals surface area contributed by atoms with E-state index in [1.807, 2.05) is 12.1 Å². The summed E-state index contributed by atoms with van der Waals surface area (Å²) in [6.45, 7) is 4.52. The molecule has 1 aromatic heterocycles. The van der Waals surface area contributed by atoms with E-state index >= 15 is 0 Å². The number of methoxy groups -OCH3 is 1. The quantitative estimate of drug-likeness (QED) is 0.266. The van der Waals surface area contributed by atoms with E-state index in [-0.39, 0.29) is 10.8 Å². The molecule has 0 spiro atoms. The molecule has 222 valence electrons. The van der Waals surface area contributed by atoms with Gasteiger partial charge in [-0.2, -0.15) is 9.89 Å². The van der Waals surface area contributed by atoms with Crippen LogP contribution in [0.4, 0.5) is 20.2 Å². The van der Waals surface area contributed by atoms with Gasteiger partial charge in [0.1, 0.15) is 11.6 Å². The number of halogens is 2. The minimum absolute atomic E-state index is 0.157. The van der Waals surface area contributed by atoms with Gasteiger partial charge in [-0.1, -0.05) is 6.07 Å². The third-order valence-electron chi connectivity index (χ3n) is 7.14. The summed E-state index contributed by atoms with van der Waals surface area (Å²) < 4.78 is 58.7. The maximum atomic E-state index is 13.7. The molecule has 10 nitrogen and oxygen atoms in total. The second-order valence-corrected chi connectivity index (χ2v) is 12.0. The van der Waals surface area contributed by atoms with Crippen LogP contribution in [0.25, 0.3) is 10.9 Å². The minimum Gasteiger partial charge on any atom is -0.385 e. The number of benzene rings is 3. The SMILES string of the molecule is COCCCNc1cccc(C(=O)Nn2ncc3cc(S(=O)(=O)c4cc(F)cc(F)c4)ccc32)c1N1CCN(C)CC1. The highest BCUT2D eigenvalue weighted by Crippen LogP contribution is 2.32. The normalized spacial score (nSPS) is 14.3. The molecule has 0 aliphatic carbocycles. The zero-order valence-electron chi connectivity index (χ0n) is 23.3. The number of ether oxygens (including phenoxy) is 1. The monoisotopic (exact) mass is 598 g/mol. The molecule has 4 aromatic rings. The first-order valence-corrected chi connectivity index (χ1v) is 15.0. The third-order valence-corrected chi connectivity index (χ3v) is 8.88. The number of nitrogens with one attached hydrogen (secondary N) is 2. The standard InChI is InChI=1S/C29H32F2N6O4S/c1-35-10-12-36(13-11-35)28-25(5-3-6-26(28)32-9-4-14-41-2)29(38)34-37-27-8-7-23(15-20(27)19-33-37)42(39,40)24-17-21(30)16-22(31)18-24/h3,5-8,15-19,32H,4,9-14H2,1-2H3,(H,34,38). The Bertz CT molecular complexity index is 1680. The number of likely N-dealkylation sites (N-methyl/N-ethyl adjacent to an activating group) is 1. The van der Waals surface area contributed by atoms with Gasteiger partial charge in [-0.3, -0.25) is 4.79 Å². The van der Waals surface area contributed by atoms with E-state index in [0.717, 1.165) is 56.1 Å². The second-order valence-electron chi connectivity index (χ2n) is 10.1. The van der Waals surface area contributed by atoms with Crippen LogP contribution in [0, 0.1) is 11.6 Å². The van der Waals surface area contributed by atoms with Crippen molar-refractivity contribution < 1.29 is 26.7 Å². The van der Waals surface area contributed by atoms with E-state index in [1.54, 1.807) is 13.2 Å². The molecule has 0 bridgehead atoms. The summed E-state index contributed by atoms with van der Waals surface area (Å²) in [7, 11) is -0.476. The van der Waals surface area contributed by atoms with Crippen molar-refractivity contribution in [1.29, 1.82) is 0 Å². The molecular formula is C29H32F2N6O4S. The molecule has 0 atom stereocenters. The average molecular weight is 599 g/mol. The van der Waals surface area contributed by atoms with Gasteiger partial charge in [-0.25, -0.2) is 22.6 Å². The zero-order valence-corrected chi connectivity index (χ0v) is 24.1. The molecule has 42 heavy (non-hydrogen) atoms. The van der Waals surface area contributed by atoms with E-state index in [4.69, 9.17) is 4.74 Å². The van der Waals surface area contributed by atoms with Crippen LogP contribution in [0.15, 0.2) is 70.6 Å². The lowest BCUT2D eigenvalue weighted by Crippen LogP contribution is -2.45. The van der Waals surface area contributed by atoms with Gasteiger partial charge in [0, 0.05) is 57.9 Å². The van der Waals surface area contributed by atoms with Crippen LogP contribution in [0.1, 0.15) is 16.8 Å². The zero-order chi connectivity index (χ0) is 29.9. The number of carbonyl (C=O) groups is 1. The van der Waals surface area contributed by atoms with E-state index in [9.17, 15) is 22.0 Å². The Morgan fingerprint density at radius 1 is 1.00 bits per heavy atom. The van der Waals surface area contributed by atoms with Gasteiger partial charge in [-0.05, 0) is 55.9 Å². The summed E-state index contributed by atoms with van der Waals surface area (Å²) in [6.07, 6.45) is 2.22. The fourth-order valence-electron chi connectivity index (χ4n) is 4.92. The second kappa shape index (κ2) is 12.4. The Morgan fingerprint density at radius 2 is 1.74 bits per heavy atom. The molecule has 1 aliphatic heterocycles. The van der Waals surface area contributed by atoms with E-state index in [0.29, 0.717) is 35.7 Å². The predicted octanol–water partition coefficient (Wildman–Crippen LogP) is 3.73. The molecule has 1 amide bonds. The van der Waals surface area contributed by atoms with Gasteiger partial charge in [0.25, 0.3) is 5.91 Å². The summed E-state index contributed by atoms with van der Waals surface area (Å²) in [5.41, 5.74) is 5.37. The number of hydrogen-bond acceptors (Lipinski definition) is 8. The fraction of sp³-hybridized carbons (Fsp3) is 0.310. The minimum atomic E-state index is -4.20. The number of aromatic nitrogens is 2. The molecule has 1 saturated heterocycles. The van der Waals surface area contributed by atoms with Crippen LogP contribution in [0.2, 0.25) is 0 Å². The van der Waals surface area contributed by atoms with Gasteiger partial charge in [0.15, 0.2) is 0 Å². The number of piperazine rings is 1. The number of para-hydroxylation sites is 1. The first-order chi connectivity index (χ1) is 20.2. The summed E-state index contributed by atoms with van der Waals surface area (Å²) in [5, 5.41) is 8.11. The van der Waals surface area contributed by atoms with Gasteiger partial charge in [0.2, 0.25) is 9.84 Å². The summed E-state index contributed by atoms with van der Waals surface area (Å²) >= 11 is 0. The molecule has 0 saturated carbocycles. The van der Waals surface area contributed by atoms with Gasteiger partial charge < -0.3 is 19.9 Å². The molecule has 2 heterocycles. The van der Waals surface area contributed by atoms with Crippen LogP contribution < -0.4 is 15.6 Å². The smallest absolute Gasteiger partial charge is 0.273 e. The summed E-state index contributed by atoms with van der Waals surface area (Å²) in [4.78, 5) is 18.7. The number of carbonyl (C=O) groups excluding carboxylic acids is 1. The molecule has 5 rings (SSSR count). The van der Waals surface area contributed by atoms with Crippen molar-refractivity contribution in [2.24, 2.45) is 0 Å². The number of fused-ring (bicyclic) bond motifs is 1. The highest BCUT2D eigenvalue weighted by molar-refractivity contribution is 7.91. The first-order valence-electron chi connectivity index (χ1n) is 13.5. The van der Waals surface area contributed by atoms with Crippen molar-refractivity contribution in [3.63, 3.8) is 0 Å². The van der Waals surface area contributed by atoms with E-state index < -0.39 is 26.4 Å². The highest BCUT2D eigenvalue weighted by Gasteiger charge is 2.25. The number of sulfone groups is 1. The maximum Gasteiger partial charge on any atom is 0.273 e. The summed E-state index contributed by atoms with van der Waals surface area (Å²) in [5.74, 6) is -2.37. The van der Waals surface area contributed by atoms with Gasteiger partial charge in [0.05, 0.1) is 38.4 Å². The molecule has 0 radical (unpaired) electrons. The molecule has 1 fully saturated rings. The lowest BCUT2D eigenvalue weighted by Gasteiger charge is -2.36. The molecule has 1 aliphatic rings. The predicted molar refractivity (Wildman–Crippen MR) is 156 cm³/mol. The van der Waals surface area contributed by atoms with Crippen molar-refractivity contribution in [3.8, 4) is 0 Å². The van der Waals surface area contributed by atoms with Crippen LogP contribution in [-0.2, 0) is 14.6 Å². The van der Waals surface area contributed by atoms with Gasteiger partial charge >= 0.3 is 0 Å². The molecule has 0 unspecified atom stereocenters. The van der Waals surface area contributed by atoms with Gasteiger partial charge in [-0.15, -0.1) is 0 Å². The first kappa shape index (κ1) is 29.4. The number of hydrogen-bond donors (Lipinski definition) is 2. The summed E-state index contributed by atoms with van der Waals surface area (Å²) in [6, 6.07) is 11.8. The van der Waals surface area contributed by atoms with Crippen LogP contribution in [-0.4, -0.2) is 82.6 Å².